The lowest BCUT2D eigenvalue weighted by Crippen LogP contribution is -2.30. The zero-order valence-corrected chi connectivity index (χ0v) is 12.7. The molecule has 2 saturated carbocycles. The average molecular weight is 273 g/mol. The Hall–Kier alpha value is -1.25. The van der Waals surface area contributed by atoms with E-state index in [4.69, 9.17) is 0 Å². The first-order valence-electron chi connectivity index (χ1n) is 8.21. The molecule has 2 aliphatic carbocycles. The van der Waals surface area contributed by atoms with E-state index in [1.165, 1.54) is 25.7 Å². The molecule has 1 aromatic heterocycles. The van der Waals surface area contributed by atoms with Crippen LogP contribution in [0.2, 0.25) is 0 Å². The number of anilines is 2. The third kappa shape index (κ3) is 2.92. The molecule has 2 aliphatic rings. The van der Waals surface area contributed by atoms with Crippen LogP contribution in [0.25, 0.3) is 0 Å². The van der Waals surface area contributed by atoms with Crippen molar-refractivity contribution in [3.63, 3.8) is 0 Å². The van der Waals surface area contributed by atoms with E-state index in [0.717, 1.165) is 42.1 Å². The van der Waals surface area contributed by atoms with Gasteiger partial charge in [0.25, 0.3) is 0 Å². The molecular weight excluding hydrogens is 246 g/mol. The van der Waals surface area contributed by atoms with Gasteiger partial charge in [-0.25, -0.2) is 0 Å². The molecule has 3 heteroatoms. The Morgan fingerprint density at radius 1 is 1.25 bits per heavy atom. The van der Waals surface area contributed by atoms with Crippen LogP contribution in [0.3, 0.4) is 0 Å². The van der Waals surface area contributed by atoms with E-state index in [1.807, 2.05) is 12.4 Å². The fraction of sp³-hybridized carbons (Fsp3) is 0.706. The van der Waals surface area contributed by atoms with Crippen molar-refractivity contribution in [1.29, 1.82) is 0 Å². The minimum absolute atomic E-state index is 0.563. The summed E-state index contributed by atoms with van der Waals surface area (Å²) in [4.78, 5) is 4.34. The van der Waals surface area contributed by atoms with Gasteiger partial charge in [0.2, 0.25) is 0 Å². The molecular formula is C17H27N3. The summed E-state index contributed by atoms with van der Waals surface area (Å²) in [6, 6.07) is 2.75. The molecule has 4 atom stereocenters. The van der Waals surface area contributed by atoms with Crippen LogP contribution < -0.4 is 10.6 Å². The molecule has 0 aromatic carbocycles. The summed E-state index contributed by atoms with van der Waals surface area (Å²) in [5.74, 6) is 2.85. The average Bonchev–Trinajstić information content (AvgIpc) is 3.08. The number of pyridine rings is 1. The first kappa shape index (κ1) is 13.7. The van der Waals surface area contributed by atoms with Crippen molar-refractivity contribution in [2.45, 2.75) is 52.0 Å². The van der Waals surface area contributed by atoms with E-state index >= 15 is 0 Å². The van der Waals surface area contributed by atoms with Gasteiger partial charge < -0.3 is 10.6 Å². The fourth-order valence-corrected chi connectivity index (χ4v) is 4.16. The number of hydrogen-bond acceptors (Lipinski definition) is 3. The van der Waals surface area contributed by atoms with Crippen molar-refractivity contribution < 1.29 is 0 Å². The molecule has 1 heterocycles. The molecule has 2 bridgehead atoms. The number of rotatable bonds is 6. The van der Waals surface area contributed by atoms with Crippen molar-refractivity contribution in [3.8, 4) is 0 Å². The smallest absolute Gasteiger partial charge is 0.0549 e. The van der Waals surface area contributed by atoms with Crippen molar-refractivity contribution >= 4 is 11.4 Å². The van der Waals surface area contributed by atoms with Gasteiger partial charge in [-0.3, -0.25) is 4.98 Å². The summed E-state index contributed by atoms with van der Waals surface area (Å²) < 4.78 is 0. The van der Waals surface area contributed by atoms with Crippen molar-refractivity contribution in [3.05, 3.63) is 18.5 Å². The Balaban J connectivity index is 1.59. The minimum atomic E-state index is 0.563. The second-order valence-corrected chi connectivity index (χ2v) is 6.66. The van der Waals surface area contributed by atoms with Crippen LogP contribution in [-0.4, -0.2) is 17.6 Å². The molecule has 20 heavy (non-hydrogen) atoms. The number of hydrogen-bond donors (Lipinski definition) is 2. The lowest BCUT2D eigenvalue weighted by Gasteiger charge is -2.29. The van der Waals surface area contributed by atoms with Gasteiger partial charge in [0, 0.05) is 12.6 Å². The van der Waals surface area contributed by atoms with Crippen molar-refractivity contribution in [2.24, 2.45) is 17.8 Å². The summed E-state index contributed by atoms with van der Waals surface area (Å²) in [7, 11) is 0. The van der Waals surface area contributed by atoms with Crippen LogP contribution in [0, 0.1) is 17.8 Å². The van der Waals surface area contributed by atoms with E-state index in [0.29, 0.717) is 6.04 Å². The van der Waals surface area contributed by atoms with E-state index in [2.05, 4.69) is 35.5 Å². The van der Waals surface area contributed by atoms with Gasteiger partial charge in [-0.15, -0.1) is 0 Å². The monoisotopic (exact) mass is 273 g/mol. The summed E-state index contributed by atoms with van der Waals surface area (Å²) in [6.07, 6.45) is 10.8. The maximum atomic E-state index is 4.34. The molecule has 110 valence electrons. The summed E-state index contributed by atoms with van der Waals surface area (Å²) in [5.41, 5.74) is 2.28. The zero-order chi connectivity index (χ0) is 13.9. The van der Waals surface area contributed by atoms with Crippen LogP contribution >= 0.6 is 0 Å². The Kier molecular flexibility index (Phi) is 4.13. The molecule has 2 N–H and O–H groups in total. The van der Waals surface area contributed by atoms with Crippen LogP contribution in [-0.2, 0) is 0 Å². The Morgan fingerprint density at radius 2 is 2.10 bits per heavy atom. The number of fused-ring (bicyclic) bond motifs is 2. The molecule has 2 fully saturated rings. The van der Waals surface area contributed by atoms with E-state index in [1.54, 1.807) is 0 Å². The second-order valence-electron chi connectivity index (χ2n) is 6.66. The maximum absolute atomic E-state index is 4.34. The van der Waals surface area contributed by atoms with Crippen LogP contribution in [0.5, 0.6) is 0 Å². The van der Waals surface area contributed by atoms with Gasteiger partial charge in [-0.2, -0.15) is 0 Å². The molecule has 1 aromatic rings. The lowest BCUT2D eigenvalue weighted by molar-refractivity contribution is 0.304. The molecule has 0 saturated heterocycles. The summed E-state index contributed by atoms with van der Waals surface area (Å²) in [6.45, 7) is 5.53. The van der Waals surface area contributed by atoms with Crippen LogP contribution in [0.15, 0.2) is 18.5 Å². The quantitative estimate of drug-likeness (QED) is 0.818. The Bertz CT molecular complexity index is 446. The highest BCUT2D eigenvalue weighted by Gasteiger charge is 2.41. The largest absolute Gasteiger partial charge is 0.384 e. The van der Waals surface area contributed by atoms with E-state index in [9.17, 15) is 0 Å². The number of nitrogens with one attached hydrogen (secondary N) is 2. The van der Waals surface area contributed by atoms with Gasteiger partial charge in [0.05, 0.1) is 23.8 Å². The normalized spacial score (nSPS) is 29.4. The molecule has 0 radical (unpaired) electrons. The highest BCUT2D eigenvalue weighted by Crippen LogP contribution is 2.49. The first-order valence-corrected chi connectivity index (χ1v) is 8.21. The predicted octanol–water partition coefficient (Wildman–Crippen LogP) is 4.14. The van der Waals surface area contributed by atoms with Gasteiger partial charge >= 0.3 is 0 Å². The maximum Gasteiger partial charge on any atom is 0.0549 e. The third-order valence-electron chi connectivity index (χ3n) is 5.15. The van der Waals surface area contributed by atoms with Gasteiger partial charge in [-0.1, -0.05) is 13.3 Å². The van der Waals surface area contributed by atoms with E-state index < -0.39 is 0 Å². The van der Waals surface area contributed by atoms with Crippen LogP contribution in [0.1, 0.15) is 46.0 Å². The van der Waals surface area contributed by atoms with Gasteiger partial charge in [0.1, 0.15) is 0 Å². The lowest BCUT2D eigenvalue weighted by atomic mass is 9.84. The summed E-state index contributed by atoms with van der Waals surface area (Å²) >= 11 is 0. The Morgan fingerprint density at radius 3 is 2.80 bits per heavy atom. The molecule has 0 aliphatic heterocycles. The van der Waals surface area contributed by atoms with Gasteiger partial charge in [0.15, 0.2) is 0 Å². The summed E-state index contributed by atoms with van der Waals surface area (Å²) in [5, 5.41) is 7.08. The fourth-order valence-electron chi connectivity index (χ4n) is 4.16. The molecule has 4 unspecified atom stereocenters. The Labute approximate surface area is 122 Å². The first-order chi connectivity index (χ1) is 9.76. The number of nitrogens with zero attached hydrogens (tertiary/aromatic N) is 1. The molecule has 3 nitrogen and oxygen atoms in total. The van der Waals surface area contributed by atoms with Crippen molar-refractivity contribution in [2.75, 3.05) is 17.2 Å². The predicted molar refractivity (Wildman–Crippen MR) is 85.0 cm³/mol. The highest BCUT2D eigenvalue weighted by atomic mass is 15.0. The highest BCUT2D eigenvalue weighted by molar-refractivity contribution is 5.54. The SMILES string of the molecule is CCCNc1cncc(NC(C)C2CC3CCC2C3)c1. The molecule has 3 rings (SSSR count). The van der Waals surface area contributed by atoms with Crippen molar-refractivity contribution in [1.82, 2.24) is 4.98 Å². The van der Waals surface area contributed by atoms with E-state index in [-0.39, 0.29) is 0 Å². The topological polar surface area (TPSA) is 37.0 Å². The minimum Gasteiger partial charge on any atom is -0.384 e. The second kappa shape index (κ2) is 6.02. The molecule has 0 spiro atoms. The van der Waals surface area contributed by atoms with Gasteiger partial charge in [-0.05, 0) is 56.4 Å². The standard InChI is InChI=1S/C17H27N3/c1-3-6-19-15-9-16(11-18-10-15)20-12(2)17-8-13-4-5-14(17)7-13/h9-14,17,19-20H,3-8H2,1-2H3. The number of aromatic nitrogens is 1. The zero-order valence-electron chi connectivity index (χ0n) is 12.7. The third-order valence-corrected chi connectivity index (χ3v) is 5.15. The van der Waals surface area contributed by atoms with Crippen LogP contribution in [0.4, 0.5) is 11.4 Å². The molecule has 0 amide bonds.